The molecule has 2 aliphatic rings. The second-order valence-electron chi connectivity index (χ2n) is 8.03. The number of nitrogens with zero attached hydrogens (tertiary/aromatic N) is 1. The maximum atomic E-state index is 3.51. The van der Waals surface area contributed by atoms with Gasteiger partial charge in [-0.05, 0) is 69.4 Å². The Balaban J connectivity index is 1.95. The Hall–Kier alpha value is -0.0800. The molecule has 20 heavy (non-hydrogen) atoms. The van der Waals surface area contributed by atoms with Gasteiger partial charge in [0.25, 0.3) is 0 Å². The van der Waals surface area contributed by atoms with Crippen molar-refractivity contribution in [1.82, 2.24) is 10.2 Å². The molecule has 2 rings (SSSR count). The van der Waals surface area contributed by atoms with Crippen LogP contribution in [0.3, 0.4) is 0 Å². The van der Waals surface area contributed by atoms with E-state index in [1.165, 1.54) is 58.2 Å². The van der Waals surface area contributed by atoms with Crippen molar-refractivity contribution in [3.05, 3.63) is 0 Å². The molecule has 0 aromatic heterocycles. The molecule has 1 aliphatic heterocycles. The van der Waals surface area contributed by atoms with Gasteiger partial charge >= 0.3 is 0 Å². The highest BCUT2D eigenvalue weighted by molar-refractivity contribution is 4.91. The summed E-state index contributed by atoms with van der Waals surface area (Å²) < 4.78 is 0. The largest absolute Gasteiger partial charge is 0.317 e. The van der Waals surface area contributed by atoms with E-state index in [2.05, 4.69) is 37.9 Å². The first-order valence-electron chi connectivity index (χ1n) is 9.02. The SMILES string of the molecule is CC(C)CC(CC(C)C)N(CC1CCNCC1)C1CC1. The summed E-state index contributed by atoms with van der Waals surface area (Å²) in [4.78, 5) is 2.93. The Bertz CT molecular complexity index is 255. The summed E-state index contributed by atoms with van der Waals surface area (Å²) in [7, 11) is 0. The number of hydrogen-bond acceptors (Lipinski definition) is 2. The summed E-state index contributed by atoms with van der Waals surface area (Å²) in [6, 6.07) is 1.75. The Morgan fingerprint density at radius 2 is 1.45 bits per heavy atom. The standard InChI is InChI=1S/C18H36N2/c1-14(2)11-18(12-15(3)4)20(17-5-6-17)13-16-7-9-19-10-8-16/h14-19H,5-13H2,1-4H3. The lowest BCUT2D eigenvalue weighted by Gasteiger charge is -2.38. The maximum absolute atomic E-state index is 3.51. The third-order valence-electron chi connectivity index (χ3n) is 4.90. The fraction of sp³-hybridized carbons (Fsp3) is 1.00. The van der Waals surface area contributed by atoms with E-state index in [9.17, 15) is 0 Å². The number of hydrogen-bond donors (Lipinski definition) is 1. The topological polar surface area (TPSA) is 15.3 Å². The van der Waals surface area contributed by atoms with Gasteiger partial charge in [-0.2, -0.15) is 0 Å². The van der Waals surface area contributed by atoms with Crippen LogP contribution < -0.4 is 5.32 Å². The molecule has 0 unspecified atom stereocenters. The summed E-state index contributed by atoms with van der Waals surface area (Å²) >= 11 is 0. The first kappa shape index (κ1) is 16.3. The van der Waals surface area contributed by atoms with Crippen LogP contribution in [0.25, 0.3) is 0 Å². The zero-order valence-electron chi connectivity index (χ0n) is 14.2. The van der Waals surface area contributed by atoms with Crippen molar-refractivity contribution < 1.29 is 0 Å². The Kier molecular flexibility index (Phi) is 6.35. The highest BCUT2D eigenvalue weighted by Crippen LogP contribution is 2.34. The molecule has 0 bridgehead atoms. The van der Waals surface area contributed by atoms with Gasteiger partial charge < -0.3 is 5.32 Å². The van der Waals surface area contributed by atoms with Crippen molar-refractivity contribution in [2.45, 2.75) is 78.3 Å². The zero-order valence-corrected chi connectivity index (χ0v) is 14.2. The second kappa shape index (κ2) is 7.79. The Morgan fingerprint density at radius 3 is 1.90 bits per heavy atom. The molecule has 2 heteroatoms. The monoisotopic (exact) mass is 280 g/mol. The quantitative estimate of drug-likeness (QED) is 0.725. The van der Waals surface area contributed by atoms with Crippen LogP contribution in [0, 0.1) is 17.8 Å². The minimum atomic E-state index is 0.827. The third-order valence-corrected chi connectivity index (χ3v) is 4.90. The molecule has 0 aromatic rings. The van der Waals surface area contributed by atoms with Gasteiger partial charge in [-0.25, -0.2) is 0 Å². The molecular formula is C18H36N2. The van der Waals surface area contributed by atoms with Crippen LogP contribution in [0.1, 0.15) is 66.2 Å². The summed E-state index contributed by atoms with van der Waals surface area (Å²) in [5, 5.41) is 3.51. The molecular weight excluding hydrogens is 244 g/mol. The van der Waals surface area contributed by atoms with Crippen LogP contribution in [-0.2, 0) is 0 Å². The van der Waals surface area contributed by atoms with E-state index in [0.717, 1.165) is 29.8 Å². The lowest BCUT2D eigenvalue weighted by molar-refractivity contribution is 0.111. The molecule has 118 valence electrons. The molecule has 1 saturated carbocycles. The molecule has 1 saturated heterocycles. The third kappa shape index (κ3) is 5.37. The van der Waals surface area contributed by atoms with Crippen molar-refractivity contribution in [2.75, 3.05) is 19.6 Å². The summed E-state index contributed by atoms with van der Waals surface area (Å²) in [6.07, 6.45) is 8.47. The lowest BCUT2D eigenvalue weighted by Crippen LogP contribution is -2.44. The molecule has 0 aromatic carbocycles. The van der Waals surface area contributed by atoms with E-state index < -0.39 is 0 Å². The van der Waals surface area contributed by atoms with Crippen molar-refractivity contribution >= 4 is 0 Å². The lowest BCUT2D eigenvalue weighted by atomic mass is 9.91. The summed E-state index contributed by atoms with van der Waals surface area (Å²) in [5.41, 5.74) is 0. The number of rotatable bonds is 8. The average Bonchev–Trinajstić information content (AvgIpc) is 3.19. The maximum Gasteiger partial charge on any atom is 0.0103 e. The molecule has 0 amide bonds. The summed E-state index contributed by atoms with van der Waals surface area (Å²) in [6.45, 7) is 13.4. The summed E-state index contributed by atoms with van der Waals surface area (Å²) in [5.74, 6) is 2.60. The molecule has 1 aliphatic carbocycles. The molecule has 0 radical (unpaired) electrons. The highest BCUT2D eigenvalue weighted by Gasteiger charge is 2.35. The van der Waals surface area contributed by atoms with Crippen LogP contribution in [0.5, 0.6) is 0 Å². The minimum absolute atomic E-state index is 0.827. The second-order valence-corrected chi connectivity index (χ2v) is 8.03. The van der Waals surface area contributed by atoms with E-state index in [-0.39, 0.29) is 0 Å². The molecule has 1 heterocycles. The van der Waals surface area contributed by atoms with Crippen LogP contribution in [0.15, 0.2) is 0 Å². The van der Waals surface area contributed by atoms with Gasteiger partial charge in [-0.3, -0.25) is 4.90 Å². The van der Waals surface area contributed by atoms with Crippen LogP contribution in [-0.4, -0.2) is 36.6 Å². The predicted octanol–water partition coefficient (Wildman–Crippen LogP) is 3.91. The molecule has 2 nitrogen and oxygen atoms in total. The normalized spacial score (nSPS) is 21.6. The van der Waals surface area contributed by atoms with Crippen molar-refractivity contribution in [1.29, 1.82) is 0 Å². The van der Waals surface area contributed by atoms with Crippen LogP contribution >= 0.6 is 0 Å². The number of nitrogens with one attached hydrogen (secondary N) is 1. The van der Waals surface area contributed by atoms with E-state index in [0.29, 0.717) is 0 Å². The van der Waals surface area contributed by atoms with E-state index in [1.54, 1.807) is 0 Å². The van der Waals surface area contributed by atoms with Gasteiger partial charge in [0.2, 0.25) is 0 Å². The minimum Gasteiger partial charge on any atom is -0.317 e. The Morgan fingerprint density at radius 1 is 0.900 bits per heavy atom. The van der Waals surface area contributed by atoms with Crippen molar-refractivity contribution in [2.24, 2.45) is 17.8 Å². The molecule has 1 N–H and O–H groups in total. The van der Waals surface area contributed by atoms with E-state index >= 15 is 0 Å². The number of piperidine rings is 1. The fourth-order valence-corrected chi connectivity index (χ4v) is 3.82. The van der Waals surface area contributed by atoms with Crippen molar-refractivity contribution in [3.63, 3.8) is 0 Å². The van der Waals surface area contributed by atoms with E-state index in [4.69, 9.17) is 0 Å². The Labute approximate surface area is 126 Å². The van der Waals surface area contributed by atoms with Crippen LogP contribution in [0.2, 0.25) is 0 Å². The van der Waals surface area contributed by atoms with Gasteiger partial charge in [-0.15, -0.1) is 0 Å². The van der Waals surface area contributed by atoms with Crippen molar-refractivity contribution in [3.8, 4) is 0 Å². The zero-order chi connectivity index (χ0) is 14.5. The smallest absolute Gasteiger partial charge is 0.0103 e. The molecule has 0 spiro atoms. The molecule has 0 atom stereocenters. The molecule has 2 fully saturated rings. The first-order valence-corrected chi connectivity index (χ1v) is 9.02. The first-order chi connectivity index (χ1) is 9.56. The van der Waals surface area contributed by atoms with Gasteiger partial charge in [0.15, 0.2) is 0 Å². The van der Waals surface area contributed by atoms with Crippen LogP contribution in [0.4, 0.5) is 0 Å². The highest BCUT2D eigenvalue weighted by atomic mass is 15.2. The van der Waals surface area contributed by atoms with Gasteiger partial charge in [0.1, 0.15) is 0 Å². The average molecular weight is 280 g/mol. The van der Waals surface area contributed by atoms with Gasteiger partial charge in [0.05, 0.1) is 0 Å². The van der Waals surface area contributed by atoms with Gasteiger partial charge in [0, 0.05) is 18.6 Å². The predicted molar refractivity (Wildman–Crippen MR) is 88.0 cm³/mol. The van der Waals surface area contributed by atoms with Gasteiger partial charge in [-0.1, -0.05) is 27.7 Å². The van der Waals surface area contributed by atoms with E-state index in [1.807, 2.05) is 0 Å². The fourth-order valence-electron chi connectivity index (χ4n) is 3.82.